The summed E-state index contributed by atoms with van der Waals surface area (Å²) >= 11 is 0. The van der Waals surface area contributed by atoms with E-state index < -0.39 is 6.10 Å². The molecule has 2 N–H and O–H groups in total. The second-order valence-electron chi connectivity index (χ2n) is 10.7. The Bertz CT molecular complexity index is 703. The first-order valence-electron chi connectivity index (χ1n) is 11.9. The number of rotatable bonds is 9. The Labute approximate surface area is 189 Å². The Morgan fingerprint density at radius 2 is 2.06 bits per heavy atom. The number of unbranched alkanes of at least 4 members (excludes halogenated alkanes) is 1. The molecule has 4 heteroatoms. The van der Waals surface area contributed by atoms with Crippen molar-refractivity contribution in [3.63, 3.8) is 0 Å². The summed E-state index contributed by atoms with van der Waals surface area (Å²) in [6.07, 6.45) is 11.1. The van der Waals surface area contributed by atoms with Crippen LogP contribution in [0, 0.1) is 40.9 Å². The second kappa shape index (κ2) is 11.9. The van der Waals surface area contributed by atoms with Crippen LogP contribution in [-0.4, -0.2) is 35.0 Å². The van der Waals surface area contributed by atoms with E-state index in [-0.39, 0.29) is 29.3 Å². The highest BCUT2D eigenvalue weighted by molar-refractivity contribution is 5.69. The van der Waals surface area contributed by atoms with Crippen molar-refractivity contribution in [3.05, 3.63) is 23.8 Å². The van der Waals surface area contributed by atoms with Gasteiger partial charge >= 0.3 is 5.97 Å². The molecule has 2 saturated carbocycles. The number of carbonyl (C=O) groups is 1. The molecule has 6 atom stereocenters. The number of ether oxygens (including phenoxy) is 1. The van der Waals surface area contributed by atoms with Gasteiger partial charge in [-0.05, 0) is 62.2 Å². The topological polar surface area (TPSA) is 66.8 Å². The highest BCUT2D eigenvalue weighted by Gasteiger charge is 2.44. The Morgan fingerprint density at radius 3 is 2.74 bits per heavy atom. The van der Waals surface area contributed by atoms with Gasteiger partial charge < -0.3 is 14.9 Å². The van der Waals surface area contributed by atoms with Gasteiger partial charge in [0.2, 0.25) is 0 Å². The summed E-state index contributed by atoms with van der Waals surface area (Å²) in [5.74, 6) is 6.97. The number of hydrogen-bond donors (Lipinski definition) is 2. The van der Waals surface area contributed by atoms with Gasteiger partial charge in [0.15, 0.2) is 0 Å². The van der Waals surface area contributed by atoms with Crippen LogP contribution in [0.1, 0.15) is 79.6 Å². The van der Waals surface area contributed by atoms with Gasteiger partial charge in [-0.25, -0.2) is 0 Å². The summed E-state index contributed by atoms with van der Waals surface area (Å²) in [6, 6.07) is 0. The standard InChI is InChI=1S/C27H42O4/c1-6-7-10-19(2)24(28)14-13-22-23-16-20(15-21(23)17-25(22)29)11-8-9-12-26(30)31-18-27(3,4)5/h11,13-14,19,21-25,28-29H,8-10,12,15-18H2,1-5H3/b14-13+,20-11+/t19?,21-,22+,23-,24+,25+/m0/s1. The number of fused-ring (bicyclic) bond motifs is 1. The smallest absolute Gasteiger partial charge is 0.305 e. The summed E-state index contributed by atoms with van der Waals surface area (Å²) in [5, 5.41) is 20.9. The summed E-state index contributed by atoms with van der Waals surface area (Å²) in [6.45, 7) is 10.5. The monoisotopic (exact) mass is 430 g/mol. The Balaban J connectivity index is 1.79. The van der Waals surface area contributed by atoms with Crippen molar-refractivity contribution in [2.24, 2.45) is 29.1 Å². The van der Waals surface area contributed by atoms with Gasteiger partial charge in [-0.1, -0.05) is 51.5 Å². The van der Waals surface area contributed by atoms with Crippen LogP contribution < -0.4 is 0 Å². The van der Waals surface area contributed by atoms with Crippen LogP contribution in [0.5, 0.6) is 0 Å². The molecule has 0 saturated heterocycles. The normalized spacial score (nSPS) is 28.9. The van der Waals surface area contributed by atoms with Crippen molar-refractivity contribution >= 4 is 5.97 Å². The van der Waals surface area contributed by atoms with E-state index in [2.05, 4.69) is 38.7 Å². The van der Waals surface area contributed by atoms with E-state index >= 15 is 0 Å². The minimum Gasteiger partial charge on any atom is -0.465 e. The third-order valence-electron chi connectivity index (χ3n) is 6.51. The van der Waals surface area contributed by atoms with Crippen molar-refractivity contribution in [2.45, 2.75) is 91.8 Å². The zero-order valence-electron chi connectivity index (χ0n) is 20.1. The Hall–Kier alpha value is -1.57. The summed E-state index contributed by atoms with van der Waals surface area (Å²) in [5.41, 5.74) is 1.46. The van der Waals surface area contributed by atoms with Crippen LogP contribution in [0.25, 0.3) is 0 Å². The van der Waals surface area contributed by atoms with Crippen LogP contribution in [0.15, 0.2) is 23.8 Å². The van der Waals surface area contributed by atoms with Crippen LogP contribution in [0.2, 0.25) is 0 Å². The predicted molar refractivity (Wildman–Crippen MR) is 125 cm³/mol. The van der Waals surface area contributed by atoms with Gasteiger partial charge in [0, 0.05) is 18.8 Å². The highest BCUT2D eigenvalue weighted by Crippen LogP contribution is 2.50. The molecule has 31 heavy (non-hydrogen) atoms. The number of allylic oxidation sites excluding steroid dienone is 2. The fraction of sp³-hybridized carbons (Fsp3) is 0.741. The SMILES string of the molecule is CC#CCC(C)[C@H](O)/C=C/[C@@H]1[C@H]2C/C(=C/CCCC(=O)OCC(C)(C)C)C[C@H]2C[C@H]1O. The number of aliphatic hydroxyl groups is 2. The first-order valence-corrected chi connectivity index (χ1v) is 11.9. The zero-order chi connectivity index (χ0) is 23.0. The first kappa shape index (κ1) is 25.7. The molecule has 2 rings (SSSR count). The molecule has 1 unspecified atom stereocenters. The van der Waals surface area contributed by atoms with Gasteiger partial charge in [-0.2, -0.15) is 0 Å². The molecular formula is C27H42O4. The third kappa shape index (κ3) is 8.47. The van der Waals surface area contributed by atoms with E-state index in [0.29, 0.717) is 31.3 Å². The molecule has 0 heterocycles. The molecule has 4 nitrogen and oxygen atoms in total. The maximum absolute atomic E-state index is 11.9. The quantitative estimate of drug-likeness (QED) is 0.233. The largest absolute Gasteiger partial charge is 0.465 e. The lowest BCUT2D eigenvalue weighted by Crippen LogP contribution is -2.19. The van der Waals surface area contributed by atoms with Crippen molar-refractivity contribution in [1.82, 2.24) is 0 Å². The van der Waals surface area contributed by atoms with Crippen LogP contribution >= 0.6 is 0 Å². The minimum atomic E-state index is -0.526. The van der Waals surface area contributed by atoms with Gasteiger partial charge in [0.25, 0.3) is 0 Å². The number of esters is 1. The number of hydrogen-bond acceptors (Lipinski definition) is 4. The van der Waals surface area contributed by atoms with Crippen molar-refractivity contribution in [1.29, 1.82) is 0 Å². The van der Waals surface area contributed by atoms with Gasteiger partial charge in [-0.15, -0.1) is 11.8 Å². The molecule has 2 fully saturated rings. The lowest BCUT2D eigenvalue weighted by Gasteiger charge is -2.19. The molecule has 0 aliphatic heterocycles. The van der Waals surface area contributed by atoms with Crippen LogP contribution in [0.4, 0.5) is 0 Å². The predicted octanol–water partition coefficient (Wildman–Crippen LogP) is 5.05. The Kier molecular flexibility index (Phi) is 9.85. The fourth-order valence-electron chi connectivity index (χ4n) is 4.68. The minimum absolute atomic E-state index is 0.00646. The first-order chi connectivity index (χ1) is 14.6. The Morgan fingerprint density at radius 1 is 1.32 bits per heavy atom. The highest BCUT2D eigenvalue weighted by atomic mass is 16.5. The average molecular weight is 431 g/mol. The molecule has 0 amide bonds. The molecule has 0 aromatic carbocycles. The molecule has 0 aromatic rings. The zero-order valence-corrected chi connectivity index (χ0v) is 20.1. The molecule has 0 spiro atoms. The molecule has 2 aliphatic rings. The number of carbonyl (C=O) groups excluding carboxylic acids is 1. The molecule has 2 aliphatic carbocycles. The van der Waals surface area contributed by atoms with E-state index in [0.717, 1.165) is 32.1 Å². The number of aliphatic hydroxyl groups excluding tert-OH is 2. The van der Waals surface area contributed by atoms with Gasteiger partial charge in [0.1, 0.15) is 0 Å². The van der Waals surface area contributed by atoms with E-state index in [9.17, 15) is 15.0 Å². The molecule has 0 bridgehead atoms. The van der Waals surface area contributed by atoms with Crippen molar-refractivity contribution in [3.8, 4) is 11.8 Å². The van der Waals surface area contributed by atoms with Gasteiger partial charge in [0.05, 0.1) is 18.8 Å². The second-order valence-corrected chi connectivity index (χ2v) is 10.7. The lowest BCUT2D eigenvalue weighted by atomic mass is 9.89. The molecule has 0 aromatic heterocycles. The maximum Gasteiger partial charge on any atom is 0.305 e. The molecular weight excluding hydrogens is 388 g/mol. The third-order valence-corrected chi connectivity index (χ3v) is 6.51. The fourth-order valence-corrected chi connectivity index (χ4v) is 4.68. The molecule has 0 radical (unpaired) electrons. The van der Waals surface area contributed by atoms with Gasteiger partial charge in [-0.3, -0.25) is 4.79 Å². The summed E-state index contributed by atoms with van der Waals surface area (Å²) < 4.78 is 5.33. The molecule has 174 valence electrons. The van der Waals surface area contributed by atoms with E-state index in [1.807, 2.05) is 26.0 Å². The maximum atomic E-state index is 11.9. The van der Waals surface area contributed by atoms with Crippen LogP contribution in [0.3, 0.4) is 0 Å². The van der Waals surface area contributed by atoms with Crippen molar-refractivity contribution in [2.75, 3.05) is 6.61 Å². The van der Waals surface area contributed by atoms with Crippen LogP contribution in [-0.2, 0) is 9.53 Å². The van der Waals surface area contributed by atoms with E-state index in [1.165, 1.54) is 5.57 Å². The summed E-state index contributed by atoms with van der Waals surface area (Å²) in [4.78, 5) is 11.9. The van der Waals surface area contributed by atoms with Crippen molar-refractivity contribution < 1.29 is 19.7 Å². The van der Waals surface area contributed by atoms with E-state index in [1.54, 1.807) is 0 Å². The average Bonchev–Trinajstić information content (AvgIpc) is 3.21. The lowest BCUT2D eigenvalue weighted by molar-refractivity contribution is -0.146. The summed E-state index contributed by atoms with van der Waals surface area (Å²) in [7, 11) is 0. The van der Waals surface area contributed by atoms with E-state index in [4.69, 9.17) is 4.74 Å².